The van der Waals surface area contributed by atoms with Crippen LogP contribution < -0.4 is 9.47 Å². The molecule has 2 aliphatic rings. The largest absolute Gasteiger partial charge is 0.491 e. The molecule has 0 spiro atoms. The number of benzene rings is 1. The Kier molecular flexibility index (Phi) is 3.44. The summed E-state index contributed by atoms with van der Waals surface area (Å²) in [6, 6.07) is 5.85. The minimum atomic E-state index is 0.248. The van der Waals surface area contributed by atoms with Crippen LogP contribution in [0.2, 0.25) is 0 Å². The van der Waals surface area contributed by atoms with E-state index in [0.717, 1.165) is 35.8 Å². The Morgan fingerprint density at radius 1 is 1.11 bits per heavy atom. The number of ether oxygens (including phenoxy) is 4. The van der Waals surface area contributed by atoms with Crippen LogP contribution in [0.1, 0.15) is 12.5 Å². The molecule has 0 unspecified atom stereocenters. The Morgan fingerprint density at radius 3 is 1.95 bits per heavy atom. The van der Waals surface area contributed by atoms with Gasteiger partial charge in [-0.05, 0) is 24.6 Å². The van der Waals surface area contributed by atoms with Crippen molar-refractivity contribution in [1.29, 1.82) is 0 Å². The fraction of sp³-hybridized carbons (Fsp3) is 0.467. The van der Waals surface area contributed by atoms with Gasteiger partial charge in [0.15, 0.2) is 0 Å². The maximum Gasteiger partial charge on any atom is 0.123 e. The molecule has 102 valence electrons. The molecule has 0 saturated carbocycles. The van der Waals surface area contributed by atoms with E-state index in [2.05, 4.69) is 6.58 Å². The lowest BCUT2D eigenvalue weighted by atomic mass is 10.1. The summed E-state index contributed by atoms with van der Waals surface area (Å²) >= 11 is 0. The van der Waals surface area contributed by atoms with E-state index in [0.29, 0.717) is 13.2 Å². The normalized spacial score (nSPS) is 23.8. The smallest absolute Gasteiger partial charge is 0.123 e. The molecule has 0 aromatic heterocycles. The second-order valence-electron chi connectivity index (χ2n) is 5.01. The van der Waals surface area contributed by atoms with Crippen molar-refractivity contribution < 1.29 is 18.9 Å². The lowest BCUT2D eigenvalue weighted by molar-refractivity contribution is 0.252. The van der Waals surface area contributed by atoms with Crippen LogP contribution in [0.3, 0.4) is 0 Å². The molecule has 3 rings (SSSR count). The molecule has 19 heavy (non-hydrogen) atoms. The number of epoxide rings is 2. The Morgan fingerprint density at radius 2 is 1.58 bits per heavy atom. The molecular formula is C15H18O4. The standard InChI is InChI=1S/C15H18O4/c1-10(2)11-3-12(16-6-14-8-18-14)5-13(4-11)17-7-15-9-19-15/h3-5,14-15H,1,6-9H2,2H3/t14-,15+. The Bertz CT molecular complexity index is 441. The summed E-state index contributed by atoms with van der Waals surface area (Å²) in [5, 5.41) is 0. The highest BCUT2D eigenvalue weighted by Gasteiger charge is 2.24. The average molecular weight is 262 g/mol. The highest BCUT2D eigenvalue weighted by Crippen LogP contribution is 2.28. The molecule has 2 fully saturated rings. The lowest BCUT2D eigenvalue weighted by Gasteiger charge is -2.11. The molecule has 2 saturated heterocycles. The first-order valence-corrected chi connectivity index (χ1v) is 6.50. The summed E-state index contributed by atoms with van der Waals surface area (Å²) in [7, 11) is 0. The van der Waals surface area contributed by atoms with Crippen LogP contribution in [0.15, 0.2) is 24.8 Å². The minimum Gasteiger partial charge on any atom is -0.491 e. The number of hydrogen-bond acceptors (Lipinski definition) is 4. The first-order valence-electron chi connectivity index (χ1n) is 6.50. The van der Waals surface area contributed by atoms with E-state index in [1.807, 2.05) is 25.1 Å². The van der Waals surface area contributed by atoms with Gasteiger partial charge in [-0.25, -0.2) is 0 Å². The summed E-state index contributed by atoms with van der Waals surface area (Å²) in [6.07, 6.45) is 0.496. The third-order valence-corrected chi connectivity index (χ3v) is 3.05. The molecule has 4 heteroatoms. The first kappa shape index (κ1) is 12.5. The molecule has 2 heterocycles. The SMILES string of the molecule is C=C(C)c1cc(OC[C@@H]2CO2)cc(OC[C@H]2CO2)c1. The zero-order valence-corrected chi connectivity index (χ0v) is 11.1. The maximum absolute atomic E-state index is 5.71. The van der Waals surface area contributed by atoms with E-state index in [-0.39, 0.29) is 12.2 Å². The molecule has 0 aliphatic carbocycles. The summed E-state index contributed by atoms with van der Waals surface area (Å²) in [5.41, 5.74) is 2.02. The fourth-order valence-electron chi connectivity index (χ4n) is 1.69. The highest BCUT2D eigenvalue weighted by atomic mass is 16.6. The van der Waals surface area contributed by atoms with Crippen molar-refractivity contribution in [3.63, 3.8) is 0 Å². The average Bonchev–Trinajstić information content (AvgIpc) is 3.28. The van der Waals surface area contributed by atoms with Crippen LogP contribution in [0.25, 0.3) is 5.57 Å². The van der Waals surface area contributed by atoms with Gasteiger partial charge in [-0.2, -0.15) is 0 Å². The van der Waals surface area contributed by atoms with Gasteiger partial charge >= 0.3 is 0 Å². The third-order valence-electron chi connectivity index (χ3n) is 3.05. The molecule has 2 aliphatic heterocycles. The topological polar surface area (TPSA) is 43.5 Å². The second-order valence-corrected chi connectivity index (χ2v) is 5.01. The van der Waals surface area contributed by atoms with Gasteiger partial charge in [-0.1, -0.05) is 12.2 Å². The van der Waals surface area contributed by atoms with Crippen LogP contribution in [-0.4, -0.2) is 38.6 Å². The van der Waals surface area contributed by atoms with E-state index in [1.54, 1.807) is 0 Å². The van der Waals surface area contributed by atoms with Crippen molar-refractivity contribution in [2.45, 2.75) is 19.1 Å². The van der Waals surface area contributed by atoms with Gasteiger partial charge < -0.3 is 18.9 Å². The van der Waals surface area contributed by atoms with E-state index >= 15 is 0 Å². The zero-order chi connectivity index (χ0) is 13.2. The number of hydrogen-bond donors (Lipinski definition) is 0. The molecule has 0 radical (unpaired) electrons. The monoisotopic (exact) mass is 262 g/mol. The van der Waals surface area contributed by atoms with Crippen molar-refractivity contribution in [2.75, 3.05) is 26.4 Å². The van der Waals surface area contributed by atoms with Gasteiger partial charge in [0.2, 0.25) is 0 Å². The second kappa shape index (κ2) is 5.23. The summed E-state index contributed by atoms with van der Waals surface area (Å²) in [4.78, 5) is 0. The van der Waals surface area contributed by atoms with Crippen molar-refractivity contribution in [3.05, 3.63) is 30.3 Å². The van der Waals surface area contributed by atoms with E-state index < -0.39 is 0 Å². The number of rotatable bonds is 7. The van der Waals surface area contributed by atoms with Gasteiger partial charge in [0.1, 0.15) is 36.9 Å². The molecule has 0 N–H and O–H groups in total. The predicted molar refractivity (Wildman–Crippen MR) is 71.6 cm³/mol. The summed E-state index contributed by atoms with van der Waals surface area (Å²) < 4.78 is 21.7. The molecule has 2 atom stereocenters. The summed E-state index contributed by atoms with van der Waals surface area (Å²) in [5.74, 6) is 1.59. The van der Waals surface area contributed by atoms with Crippen LogP contribution in [0.4, 0.5) is 0 Å². The van der Waals surface area contributed by atoms with Crippen molar-refractivity contribution >= 4 is 5.57 Å². The van der Waals surface area contributed by atoms with Gasteiger partial charge in [0.05, 0.1) is 13.2 Å². The molecule has 4 nitrogen and oxygen atoms in total. The molecule has 0 amide bonds. The highest BCUT2D eigenvalue weighted by molar-refractivity contribution is 5.64. The van der Waals surface area contributed by atoms with Crippen LogP contribution in [0.5, 0.6) is 11.5 Å². The first-order chi connectivity index (χ1) is 9.20. The van der Waals surface area contributed by atoms with Gasteiger partial charge in [0.25, 0.3) is 0 Å². The zero-order valence-electron chi connectivity index (χ0n) is 11.1. The quantitative estimate of drug-likeness (QED) is 0.707. The number of allylic oxidation sites excluding steroid dienone is 1. The van der Waals surface area contributed by atoms with E-state index in [4.69, 9.17) is 18.9 Å². The molecular weight excluding hydrogens is 244 g/mol. The van der Waals surface area contributed by atoms with Crippen molar-refractivity contribution in [3.8, 4) is 11.5 Å². The van der Waals surface area contributed by atoms with Crippen molar-refractivity contribution in [2.24, 2.45) is 0 Å². The van der Waals surface area contributed by atoms with Gasteiger partial charge in [0, 0.05) is 6.07 Å². The van der Waals surface area contributed by atoms with E-state index in [9.17, 15) is 0 Å². The van der Waals surface area contributed by atoms with Gasteiger partial charge in [-0.3, -0.25) is 0 Å². The Labute approximate surface area is 112 Å². The molecule has 0 bridgehead atoms. The third kappa shape index (κ3) is 3.72. The van der Waals surface area contributed by atoms with Crippen LogP contribution in [0, 0.1) is 0 Å². The maximum atomic E-state index is 5.71. The van der Waals surface area contributed by atoms with Crippen LogP contribution >= 0.6 is 0 Å². The van der Waals surface area contributed by atoms with Crippen molar-refractivity contribution in [1.82, 2.24) is 0 Å². The molecule has 1 aromatic carbocycles. The minimum absolute atomic E-state index is 0.248. The summed E-state index contributed by atoms with van der Waals surface area (Å²) in [6.45, 7) is 8.70. The molecule has 1 aromatic rings. The van der Waals surface area contributed by atoms with E-state index in [1.165, 1.54) is 0 Å². The fourth-order valence-corrected chi connectivity index (χ4v) is 1.69. The predicted octanol–water partition coefficient (Wildman–Crippen LogP) is 2.27. The lowest BCUT2D eigenvalue weighted by Crippen LogP contribution is -2.06. The van der Waals surface area contributed by atoms with Gasteiger partial charge in [-0.15, -0.1) is 0 Å². The Balaban J connectivity index is 1.69. The van der Waals surface area contributed by atoms with Crippen LogP contribution in [-0.2, 0) is 9.47 Å². The Hall–Kier alpha value is -1.52.